The van der Waals surface area contributed by atoms with Gasteiger partial charge in [0, 0.05) is 17.5 Å². The van der Waals surface area contributed by atoms with Gasteiger partial charge in [0.25, 0.3) is 17.7 Å². The van der Waals surface area contributed by atoms with Crippen LogP contribution in [-0.2, 0) is 5.41 Å². The minimum Gasteiger partial charge on any atom is -0.319 e. The lowest BCUT2D eigenvalue weighted by molar-refractivity contribution is 0.0652. The van der Waals surface area contributed by atoms with Crippen LogP contribution in [-0.4, -0.2) is 39.1 Å². The molecule has 0 spiro atoms. The van der Waals surface area contributed by atoms with Crippen molar-refractivity contribution in [2.24, 2.45) is 0 Å². The fraction of sp³-hybridized carbons (Fsp3) is 0.381. The number of nitrogens with one attached hydrogen (secondary N) is 1. The van der Waals surface area contributed by atoms with Crippen molar-refractivity contribution in [3.63, 3.8) is 0 Å². The minimum atomic E-state index is -0.387. The van der Waals surface area contributed by atoms with Gasteiger partial charge < -0.3 is 5.32 Å². The van der Waals surface area contributed by atoms with Gasteiger partial charge in [-0.15, -0.1) is 0 Å². The fourth-order valence-electron chi connectivity index (χ4n) is 2.93. The lowest BCUT2D eigenvalue weighted by atomic mass is 9.96. The van der Waals surface area contributed by atoms with Gasteiger partial charge in [-0.1, -0.05) is 34.1 Å². The SMILES string of the molecule is CCCCN1C(=O)c2ccc(C(=O)Nc3cnc(C(C)(C)C)nc3)cc2C1=O. The molecule has 0 atom stereocenters. The molecule has 0 saturated heterocycles. The van der Waals surface area contributed by atoms with E-state index in [-0.39, 0.29) is 28.7 Å². The van der Waals surface area contributed by atoms with Crippen LogP contribution in [0.2, 0.25) is 0 Å². The van der Waals surface area contributed by atoms with E-state index in [9.17, 15) is 14.4 Å². The number of anilines is 1. The maximum Gasteiger partial charge on any atom is 0.261 e. The second-order valence-corrected chi connectivity index (χ2v) is 7.88. The van der Waals surface area contributed by atoms with Gasteiger partial charge in [0.05, 0.1) is 29.2 Å². The van der Waals surface area contributed by atoms with E-state index in [1.165, 1.54) is 17.0 Å². The Hall–Kier alpha value is -3.09. The number of amides is 3. The first kappa shape index (κ1) is 19.7. The lowest BCUT2D eigenvalue weighted by Gasteiger charge is -2.16. The Morgan fingerprint density at radius 1 is 1.07 bits per heavy atom. The number of hydrogen-bond acceptors (Lipinski definition) is 5. The summed E-state index contributed by atoms with van der Waals surface area (Å²) in [7, 11) is 0. The number of hydrogen-bond donors (Lipinski definition) is 1. The van der Waals surface area contributed by atoms with Crippen molar-refractivity contribution in [3.05, 3.63) is 53.1 Å². The molecule has 1 N–H and O–H groups in total. The summed E-state index contributed by atoms with van der Waals surface area (Å²) >= 11 is 0. The van der Waals surface area contributed by atoms with Crippen molar-refractivity contribution in [3.8, 4) is 0 Å². The molecule has 146 valence electrons. The van der Waals surface area contributed by atoms with Gasteiger partial charge in [-0.05, 0) is 24.6 Å². The Bertz CT molecular complexity index is 930. The molecule has 7 heteroatoms. The summed E-state index contributed by atoms with van der Waals surface area (Å²) in [5.74, 6) is -0.353. The molecule has 1 aliphatic rings. The van der Waals surface area contributed by atoms with E-state index in [1.54, 1.807) is 18.5 Å². The van der Waals surface area contributed by atoms with E-state index in [4.69, 9.17) is 0 Å². The van der Waals surface area contributed by atoms with Crippen LogP contribution >= 0.6 is 0 Å². The van der Waals surface area contributed by atoms with Gasteiger partial charge >= 0.3 is 0 Å². The van der Waals surface area contributed by atoms with Gasteiger partial charge in [0.1, 0.15) is 5.82 Å². The maximum absolute atomic E-state index is 12.6. The van der Waals surface area contributed by atoms with Crippen molar-refractivity contribution < 1.29 is 14.4 Å². The van der Waals surface area contributed by atoms with Crippen LogP contribution in [0.5, 0.6) is 0 Å². The summed E-state index contributed by atoms with van der Waals surface area (Å²) in [4.78, 5) is 47.3. The third-order valence-corrected chi connectivity index (χ3v) is 4.55. The highest BCUT2D eigenvalue weighted by molar-refractivity contribution is 6.22. The highest BCUT2D eigenvalue weighted by Gasteiger charge is 2.35. The lowest BCUT2D eigenvalue weighted by Crippen LogP contribution is -2.30. The predicted octanol–water partition coefficient (Wildman–Crippen LogP) is 3.42. The number of nitrogens with zero attached hydrogens (tertiary/aromatic N) is 3. The number of aromatic nitrogens is 2. The first-order valence-corrected chi connectivity index (χ1v) is 9.36. The minimum absolute atomic E-state index is 0.181. The number of unbranched alkanes of at least 4 members (excludes halogenated alkanes) is 1. The molecule has 7 nitrogen and oxygen atoms in total. The molecular weight excluding hydrogens is 356 g/mol. The Balaban J connectivity index is 1.77. The van der Waals surface area contributed by atoms with Crippen molar-refractivity contribution in [1.82, 2.24) is 14.9 Å². The molecule has 0 fully saturated rings. The van der Waals surface area contributed by atoms with Crippen molar-refractivity contribution in [2.75, 3.05) is 11.9 Å². The van der Waals surface area contributed by atoms with E-state index < -0.39 is 0 Å². The normalized spacial score (nSPS) is 13.6. The van der Waals surface area contributed by atoms with Crippen molar-refractivity contribution >= 4 is 23.4 Å². The van der Waals surface area contributed by atoms with Crippen LogP contribution in [0, 0.1) is 0 Å². The molecule has 1 aromatic carbocycles. The first-order valence-electron chi connectivity index (χ1n) is 9.36. The standard InChI is InChI=1S/C21H24N4O3/c1-5-6-9-25-18(27)15-8-7-13(10-16(15)19(25)28)17(26)24-14-11-22-20(23-12-14)21(2,3)4/h7-8,10-12H,5-6,9H2,1-4H3,(H,24,26). The van der Waals surface area contributed by atoms with Crippen LogP contribution in [0.15, 0.2) is 30.6 Å². The highest BCUT2D eigenvalue weighted by Crippen LogP contribution is 2.25. The summed E-state index contributed by atoms with van der Waals surface area (Å²) < 4.78 is 0. The Labute approximate surface area is 164 Å². The molecule has 2 aromatic rings. The third-order valence-electron chi connectivity index (χ3n) is 4.55. The molecule has 3 rings (SSSR count). The van der Waals surface area contributed by atoms with Gasteiger partial charge in [0.2, 0.25) is 0 Å². The number of imide groups is 1. The van der Waals surface area contributed by atoms with Crippen LogP contribution in [0.1, 0.15) is 77.4 Å². The highest BCUT2D eigenvalue weighted by atomic mass is 16.2. The molecule has 0 unspecified atom stereocenters. The summed E-state index contributed by atoms with van der Waals surface area (Å²) in [6.45, 7) is 8.41. The molecule has 0 saturated carbocycles. The smallest absolute Gasteiger partial charge is 0.261 e. The average molecular weight is 380 g/mol. The molecule has 1 aromatic heterocycles. The van der Waals surface area contributed by atoms with Crippen LogP contribution < -0.4 is 5.32 Å². The van der Waals surface area contributed by atoms with Gasteiger partial charge in [-0.2, -0.15) is 0 Å². The average Bonchev–Trinajstić information content (AvgIpc) is 2.90. The molecule has 3 amide bonds. The third kappa shape index (κ3) is 3.78. The van der Waals surface area contributed by atoms with Gasteiger partial charge in [-0.3, -0.25) is 19.3 Å². The molecule has 2 heterocycles. The van der Waals surface area contributed by atoms with Gasteiger partial charge in [0.15, 0.2) is 0 Å². The number of carbonyl (C=O) groups excluding carboxylic acids is 3. The van der Waals surface area contributed by atoms with E-state index in [1.807, 2.05) is 27.7 Å². The quantitative estimate of drug-likeness (QED) is 0.803. The monoisotopic (exact) mass is 380 g/mol. The number of fused-ring (bicyclic) bond motifs is 1. The zero-order valence-corrected chi connectivity index (χ0v) is 16.6. The molecule has 28 heavy (non-hydrogen) atoms. The Kier molecular flexibility index (Phi) is 5.27. The molecule has 0 bridgehead atoms. The molecule has 0 radical (unpaired) electrons. The predicted molar refractivity (Wildman–Crippen MR) is 105 cm³/mol. The Morgan fingerprint density at radius 2 is 1.71 bits per heavy atom. The molecule has 0 aliphatic carbocycles. The van der Waals surface area contributed by atoms with E-state index in [0.717, 1.165) is 12.8 Å². The second kappa shape index (κ2) is 7.50. The zero-order chi connectivity index (χ0) is 20.5. The summed E-state index contributed by atoms with van der Waals surface area (Å²) in [5, 5.41) is 2.73. The largest absolute Gasteiger partial charge is 0.319 e. The second-order valence-electron chi connectivity index (χ2n) is 7.88. The zero-order valence-electron chi connectivity index (χ0n) is 16.6. The topological polar surface area (TPSA) is 92.3 Å². The van der Waals surface area contributed by atoms with E-state index in [2.05, 4.69) is 15.3 Å². The maximum atomic E-state index is 12.6. The summed E-state index contributed by atoms with van der Waals surface area (Å²) in [5.41, 5.74) is 1.20. The number of rotatable bonds is 5. The summed E-state index contributed by atoms with van der Waals surface area (Å²) in [6.07, 6.45) is 4.75. The van der Waals surface area contributed by atoms with Crippen molar-refractivity contribution in [2.45, 2.75) is 46.0 Å². The number of carbonyl (C=O) groups is 3. The van der Waals surface area contributed by atoms with Crippen LogP contribution in [0.4, 0.5) is 5.69 Å². The van der Waals surface area contributed by atoms with E-state index >= 15 is 0 Å². The van der Waals surface area contributed by atoms with Gasteiger partial charge in [-0.25, -0.2) is 9.97 Å². The van der Waals surface area contributed by atoms with Crippen LogP contribution in [0.3, 0.4) is 0 Å². The van der Waals surface area contributed by atoms with Crippen LogP contribution in [0.25, 0.3) is 0 Å². The molecule has 1 aliphatic heterocycles. The first-order chi connectivity index (χ1) is 13.2. The van der Waals surface area contributed by atoms with E-state index in [0.29, 0.717) is 29.2 Å². The van der Waals surface area contributed by atoms with Crippen molar-refractivity contribution in [1.29, 1.82) is 0 Å². The number of benzene rings is 1. The fourth-order valence-corrected chi connectivity index (χ4v) is 2.93. The Morgan fingerprint density at radius 3 is 2.32 bits per heavy atom. The summed E-state index contributed by atoms with van der Waals surface area (Å²) in [6, 6.07) is 4.56. The molecular formula is C21H24N4O3.